The van der Waals surface area contributed by atoms with Crippen molar-refractivity contribution in [2.45, 2.75) is 0 Å². The van der Waals surface area contributed by atoms with E-state index in [1.807, 2.05) is 0 Å². The highest BCUT2D eigenvalue weighted by molar-refractivity contribution is 7.22. The molecule has 9 heteroatoms. The van der Waals surface area contributed by atoms with Gasteiger partial charge in [-0.05, 0) is 30.3 Å². The molecule has 0 aliphatic carbocycles. The smallest absolute Gasteiger partial charge is 0.337 e. The fourth-order valence-electron chi connectivity index (χ4n) is 2.13. The first kappa shape index (κ1) is 16.5. The standard InChI is InChI=1S/C16H11N3O5S/c1-24-15(21)10-4-2-9(3-5-10)14(20)18-16-17-12-7-6-11(19(22)23)8-13(12)25-16/h2-8H,1H3,(H,17,18,20). The normalized spacial score (nSPS) is 10.4. The third-order valence-electron chi connectivity index (χ3n) is 3.37. The van der Waals surface area contributed by atoms with E-state index in [0.29, 0.717) is 26.5 Å². The first-order valence-corrected chi connectivity index (χ1v) is 7.84. The number of benzene rings is 2. The molecule has 0 bridgehead atoms. The van der Waals surface area contributed by atoms with Crippen LogP contribution in [0.4, 0.5) is 10.8 Å². The van der Waals surface area contributed by atoms with Gasteiger partial charge in [0.2, 0.25) is 0 Å². The number of esters is 1. The van der Waals surface area contributed by atoms with Crippen LogP contribution in [0.15, 0.2) is 42.5 Å². The minimum absolute atomic E-state index is 0.0348. The number of carbonyl (C=O) groups excluding carboxylic acids is 2. The van der Waals surface area contributed by atoms with Crippen LogP contribution in [-0.4, -0.2) is 28.9 Å². The van der Waals surface area contributed by atoms with E-state index in [9.17, 15) is 19.7 Å². The van der Waals surface area contributed by atoms with Crippen LogP contribution < -0.4 is 5.32 Å². The lowest BCUT2D eigenvalue weighted by Gasteiger charge is -2.03. The molecular formula is C16H11N3O5S. The van der Waals surface area contributed by atoms with Gasteiger partial charge in [-0.15, -0.1) is 0 Å². The summed E-state index contributed by atoms with van der Waals surface area (Å²) in [6.45, 7) is 0. The molecule has 1 N–H and O–H groups in total. The van der Waals surface area contributed by atoms with E-state index >= 15 is 0 Å². The van der Waals surface area contributed by atoms with E-state index in [2.05, 4.69) is 15.0 Å². The molecule has 0 aliphatic rings. The molecule has 1 amide bonds. The lowest BCUT2D eigenvalue weighted by molar-refractivity contribution is -0.384. The number of nitrogens with zero attached hydrogens (tertiary/aromatic N) is 2. The zero-order valence-electron chi connectivity index (χ0n) is 12.9. The molecule has 0 fully saturated rings. The molecular weight excluding hydrogens is 346 g/mol. The molecule has 0 unspecified atom stereocenters. The molecule has 126 valence electrons. The van der Waals surface area contributed by atoms with Crippen LogP contribution in [0.3, 0.4) is 0 Å². The van der Waals surface area contributed by atoms with Gasteiger partial charge in [0.1, 0.15) is 0 Å². The van der Waals surface area contributed by atoms with Crippen molar-refractivity contribution >= 4 is 44.2 Å². The lowest BCUT2D eigenvalue weighted by Crippen LogP contribution is -2.12. The number of non-ortho nitro benzene ring substituents is 1. The second kappa shape index (κ2) is 6.65. The fraction of sp³-hybridized carbons (Fsp3) is 0.0625. The number of hydrogen-bond acceptors (Lipinski definition) is 7. The summed E-state index contributed by atoms with van der Waals surface area (Å²) in [5.41, 5.74) is 1.21. The first-order valence-electron chi connectivity index (χ1n) is 7.02. The summed E-state index contributed by atoms with van der Waals surface area (Å²) in [6.07, 6.45) is 0. The molecule has 1 heterocycles. The van der Waals surface area contributed by atoms with Gasteiger partial charge in [0.25, 0.3) is 11.6 Å². The minimum atomic E-state index is -0.486. The number of methoxy groups -OCH3 is 1. The topological polar surface area (TPSA) is 111 Å². The summed E-state index contributed by atoms with van der Waals surface area (Å²) in [4.78, 5) is 38.2. The van der Waals surface area contributed by atoms with E-state index in [1.165, 1.54) is 49.6 Å². The average molecular weight is 357 g/mol. The third-order valence-corrected chi connectivity index (χ3v) is 4.31. The van der Waals surface area contributed by atoms with Gasteiger partial charge in [0, 0.05) is 17.7 Å². The summed E-state index contributed by atoms with van der Waals surface area (Å²) in [5, 5.41) is 13.8. The number of anilines is 1. The van der Waals surface area contributed by atoms with E-state index in [0.717, 1.165) is 11.3 Å². The molecule has 2 aromatic carbocycles. The predicted molar refractivity (Wildman–Crippen MR) is 92.0 cm³/mol. The van der Waals surface area contributed by atoms with Crippen molar-refractivity contribution in [2.75, 3.05) is 12.4 Å². The Morgan fingerprint density at radius 3 is 2.48 bits per heavy atom. The van der Waals surface area contributed by atoms with E-state index in [4.69, 9.17) is 0 Å². The Morgan fingerprint density at radius 1 is 1.16 bits per heavy atom. The fourth-order valence-corrected chi connectivity index (χ4v) is 3.02. The predicted octanol–water partition coefficient (Wildman–Crippen LogP) is 3.24. The molecule has 0 radical (unpaired) electrons. The van der Waals surface area contributed by atoms with Crippen LogP contribution in [0.5, 0.6) is 0 Å². The van der Waals surface area contributed by atoms with Crippen molar-refractivity contribution in [1.82, 2.24) is 4.98 Å². The molecule has 0 aliphatic heterocycles. The van der Waals surface area contributed by atoms with Gasteiger partial charge in [0.15, 0.2) is 5.13 Å². The molecule has 8 nitrogen and oxygen atoms in total. The zero-order chi connectivity index (χ0) is 18.0. The quantitative estimate of drug-likeness (QED) is 0.436. The number of rotatable bonds is 4. The maximum atomic E-state index is 12.2. The Hall–Kier alpha value is -3.33. The summed E-state index contributed by atoms with van der Waals surface area (Å²) in [6, 6.07) is 10.3. The highest BCUT2D eigenvalue weighted by atomic mass is 32.1. The lowest BCUT2D eigenvalue weighted by atomic mass is 10.1. The Morgan fingerprint density at radius 2 is 1.84 bits per heavy atom. The van der Waals surface area contributed by atoms with Crippen molar-refractivity contribution in [2.24, 2.45) is 0 Å². The van der Waals surface area contributed by atoms with E-state index < -0.39 is 16.8 Å². The number of nitro benzene ring substituents is 1. The Bertz CT molecular complexity index is 981. The highest BCUT2D eigenvalue weighted by Crippen LogP contribution is 2.29. The molecule has 3 rings (SSSR count). The van der Waals surface area contributed by atoms with Gasteiger partial charge in [-0.25, -0.2) is 9.78 Å². The van der Waals surface area contributed by atoms with Crippen LogP contribution in [0, 0.1) is 10.1 Å². The molecule has 0 spiro atoms. The molecule has 0 saturated heterocycles. The average Bonchev–Trinajstić information content (AvgIpc) is 3.02. The number of thiazole rings is 1. The Balaban J connectivity index is 1.79. The number of hydrogen-bond donors (Lipinski definition) is 1. The van der Waals surface area contributed by atoms with Crippen molar-refractivity contribution in [3.05, 3.63) is 63.7 Å². The van der Waals surface area contributed by atoms with E-state index in [1.54, 1.807) is 0 Å². The molecule has 3 aromatic rings. The second-order valence-corrected chi connectivity index (χ2v) is 5.98. The Labute approximate surface area is 145 Å². The number of nitro groups is 1. The third kappa shape index (κ3) is 3.45. The minimum Gasteiger partial charge on any atom is -0.465 e. The van der Waals surface area contributed by atoms with Gasteiger partial charge in [-0.3, -0.25) is 20.2 Å². The molecule has 0 atom stereocenters. The number of ether oxygens (including phenoxy) is 1. The monoisotopic (exact) mass is 357 g/mol. The van der Waals surface area contributed by atoms with Crippen LogP contribution in [0.2, 0.25) is 0 Å². The van der Waals surface area contributed by atoms with Gasteiger partial charge in [-0.2, -0.15) is 0 Å². The number of fused-ring (bicyclic) bond motifs is 1. The summed E-state index contributed by atoms with van der Waals surface area (Å²) in [5.74, 6) is -0.885. The van der Waals surface area contributed by atoms with Crippen LogP contribution in [-0.2, 0) is 4.74 Å². The van der Waals surface area contributed by atoms with Crippen LogP contribution in [0.25, 0.3) is 10.2 Å². The molecule has 25 heavy (non-hydrogen) atoms. The van der Waals surface area contributed by atoms with Crippen molar-refractivity contribution in [3.8, 4) is 0 Å². The summed E-state index contributed by atoms with van der Waals surface area (Å²) >= 11 is 1.14. The highest BCUT2D eigenvalue weighted by Gasteiger charge is 2.13. The van der Waals surface area contributed by atoms with Gasteiger partial charge >= 0.3 is 5.97 Å². The maximum Gasteiger partial charge on any atom is 0.337 e. The number of aromatic nitrogens is 1. The molecule has 0 saturated carbocycles. The van der Waals surface area contributed by atoms with Gasteiger partial charge < -0.3 is 4.74 Å². The second-order valence-electron chi connectivity index (χ2n) is 4.95. The van der Waals surface area contributed by atoms with Crippen LogP contribution in [0.1, 0.15) is 20.7 Å². The van der Waals surface area contributed by atoms with Gasteiger partial charge in [-0.1, -0.05) is 11.3 Å². The zero-order valence-corrected chi connectivity index (χ0v) is 13.7. The number of amides is 1. The molecule has 1 aromatic heterocycles. The SMILES string of the molecule is COC(=O)c1ccc(C(=O)Nc2nc3ccc([N+](=O)[O-])cc3s2)cc1. The Kier molecular flexibility index (Phi) is 4.40. The van der Waals surface area contributed by atoms with Gasteiger partial charge in [0.05, 0.1) is 27.8 Å². The maximum absolute atomic E-state index is 12.2. The van der Waals surface area contributed by atoms with E-state index in [-0.39, 0.29) is 5.69 Å². The number of carbonyl (C=O) groups is 2. The van der Waals surface area contributed by atoms with Crippen molar-refractivity contribution < 1.29 is 19.2 Å². The largest absolute Gasteiger partial charge is 0.465 e. The summed E-state index contributed by atoms with van der Waals surface area (Å²) < 4.78 is 5.20. The van der Waals surface area contributed by atoms with Crippen molar-refractivity contribution in [1.29, 1.82) is 0 Å². The van der Waals surface area contributed by atoms with Crippen molar-refractivity contribution in [3.63, 3.8) is 0 Å². The summed E-state index contributed by atoms with van der Waals surface area (Å²) in [7, 11) is 1.28. The number of nitrogens with one attached hydrogen (secondary N) is 1. The van der Waals surface area contributed by atoms with Crippen LogP contribution >= 0.6 is 11.3 Å². The first-order chi connectivity index (χ1) is 12.0.